The third-order valence-electron chi connectivity index (χ3n) is 6.23. The number of rotatable bonds is 8. The van der Waals surface area contributed by atoms with Gasteiger partial charge in [0.1, 0.15) is 12.7 Å². The Morgan fingerprint density at radius 2 is 1.56 bits per heavy atom. The minimum atomic E-state index is -1.89. The van der Waals surface area contributed by atoms with E-state index in [1.54, 1.807) is 18.2 Å². The van der Waals surface area contributed by atoms with Gasteiger partial charge in [0.15, 0.2) is 12.2 Å². The van der Waals surface area contributed by atoms with E-state index >= 15 is 0 Å². The van der Waals surface area contributed by atoms with Crippen molar-refractivity contribution in [3.63, 3.8) is 0 Å². The second-order valence-electron chi connectivity index (χ2n) is 9.16. The Bertz CT molecular complexity index is 1110. The maximum Gasteiger partial charge on any atom is 0.303 e. The Labute approximate surface area is 231 Å². The number of hydrogen-bond acceptors (Lipinski definition) is 11. The summed E-state index contributed by atoms with van der Waals surface area (Å²) in [5.74, 6) is -4.71. The first-order chi connectivity index (χ1) is 18.5. The highest BCUT2D eigenvalue weighted by Crippen LogP contribution is 2.44. The normalized spacial score (nSPS) is 26.8. The monoisotopic (exact) mass is 568 g/mol. The Kier molecular flexibility index (Phi) is 10.5. The van der Waals surface area contributed by atoms with E-state index < -0.39 is 54.1 Å². The van der Waals surface area contributed by atoms with Gasteiger partial charge in [0.05, 0.1) is 13.2 Å². The molecule has 2 fully saturated rings. The van der Waals surface area contributed by atoms with Gasteiger partial charge < -0.3 is 33.2 Å². The number of hydrogen-bond donors (Lipinski definition) is 0. The highest BCUT2D eigenvalue weighted by molar-refractivity contribution is 6.32. The van der Waals surface area contributed by atoms with E-state index in [0.29, 0.717) is 29.4 Å². The van der Waals surface area contributed by atoms with Gasteiger partial charge in [0.2, 0.25) is 11.9 Å². The van der Waals surface area contributed by atoms with Gasteiger partial charge in [0.25, 0.3) is 0 Å². The lowest BCUT2D eigenvalue weighted by atomic mass is 9.86. The van der Waals surface area contributed by atoms with Crippen LogP contribution in [0.15, 0.2) is 23.8 Å². The van der Waals surface area contributed by atoms with Crippen molar-refractivity contribution >= 4 is 41.6 Å². The summed E-state index contributed by atoms with van der Waals surface area (Å²) < 4.78 is 39.5. The van der Waals surface area contributed by atoms with E-state index in [9.17, 15) is 19.2 Å². The molecule has 1 aromatic rings. The maximum absolute atomic E-state index is 12.3. The smallest absolute Gasteiger partial charge is 0.303 e. The molecule has 0 spiro atoms. The molecule has 12 heteroatoms. The van der Waals surface area contributed by atoms with Crippen LogP contribution in [0.2, 0.25) is 5.02 Å². The van der Waals surface area contributed by atoms with Gasteiger partial charge in [0, 0.05) is 45.4 Å². The molecule has 0 N–H and O–H groups in total. The van der Waals surface area contributed by atoms with Crippen molar-refractivity contribution in [3.8, 4) is 0 Å². The molecule has 214 valence electrons. The Hall–Kier alpha value is -2.99. The molecule has 2 aliphatic heterocycles. The molecule has 0 aliphatic carbocycles. The van der Waals surface area contributed by atoms with Crippen LogP contribution in [0, 0.1) is 0 Å². The topological polar surface area (TPSA) is 133 Å². The third kappa shape index (κ3) is 7.57. The molecular formula is C27H33ClO11. The lowest BCUT2D eigenvalue weighted by molar-refractivity contribution is -0.367. The van der Waals surface area contributed by atoms with Crippen LogP contribution in [-0.2, 0) is 58.1 Å². The van der Waals surface area contributed by atoms with Crippen molar-refractivity contribution in [2.75, 3.05) is 26.9 Å². The molecule has 0 amide bonds. The third-order valence-corrected chi connectivity index (χ3v) is 6.58. The molecule has 1 aromatic carbocycles. The summed E-state index contributed by atoms with van der Waals surface area (Å²) in [7, 11) is 1.32. The minimum Gasteiger partial charge on any atom is -0.463 e. The first-order valence-corrected chi connectivity index (χ1v) is 12.8. The van der Waals surface area contributed by atoms with Gasteiger partial charge in [-0.2, -0.15) is 0 Å². The van der Waals surface area contributed by atoms with Crippen molar-refractivity contribution < 1.29 is 52.3 Å². The fraction of sp³-hybridized carbons (Fsp3) is 0.556. The van der Waals surface area contributed by atoms with Gasteiger partial charge in [-0.05, 0) is 30.5 Å². The fourth-order valence-electron chi connectivity index (χ4n) is 4.65. The number of benzene rings is 1. The molecule has 2 heterocycles. The summed E-state index contributed by atoms with van der Waals surface area (Å²) in [4.78, 5) is 48.2. The molecule has 39 heavy (non-hydrogen) atoms. The molecule has 0 bridgehead atoms. The molecule has 2 saturated heterocycles. The second-order valence-corrected chi connectivity index (χ2v) is 9.57. The van der Waals surface area contributed by atoms with Crippen molar-refractivity contribution in [2.45, 2.75) is 70.7 Å². The average Bonchev–Trinajstić information content (AvgIpc) is 2.86. The Morgan fingerprint density at radius 1 is 0.949 bits per heavy atom. The van der Waals surface area contributed by atoms with Crippen molar-refractivity contribution in [3.05, 3.63) is 39.9 Å². The molecule has 0 saturated carbocycles. The van der Waals surface area contributed by atoms with Crippen LogP contribution in [0.3, 0.4) is 0 Å². The number of esters is 4. The SMILES string of the molecule is COC1(c2ccc(Cl)c(C=C3CCOCC3)c2)O[C@H](COC(C)=O)[C@@H](OC(C)=O)[C@H](OC(C)=O)[C@H]1OC(C)=O. The van der Waals surface area contributed by atoms with Crippen molar-refractivity contribution in [2.24, 2.45) is 0 Å². The molecule has 5 atom stereocenters. The van der Waals surface area contributed by atoms with Crippen LogP contribution in [0.1, 0.15) is 51.7 Å². The molecule has 2 aliphatic rings. The predicted octanol–water partition coefficient (Wildman–Crippen LogP) is 3.09. The zero-order valence-electron chi connectivity index (χ0n) is 22.5. The number of carbonyl (C=O) groups excluding carboxylic acids is 4. The predicted molar refractivity (Wildman–Crippen MR) is 136 cm³/mol. The zero-order valence-corrected chi connectivity index (χ0v) is 23.3. The van der Waals surface area contributed by atoms with Crippen molar-refractivity contribution in [1.82, 2.24) is 0 Å². The van der Waals surface area contributed by atoms with E-state index in [-0.39, 0.29) is 6.61 Å². The van der Waals surface area contributed by atoms with E-state index in [4.69, 9.17) is 44.8 Å². The van der Waals surface area contributed by atoms with Crippen LogP contribution >= 0.6 is 11.6 Å². The van der Waals surface area contributed by atoms with E-state index in [2.05, 4.69) is 0 Å². The quantitative estimate of drug-likeness (QED) is 0.338. The minimum absolute atomic E-state index is 0.366. The van der Waals surface area contributed by atoms with Crippen molar-refractivity contribution in [1.29, 1.82) is 0 Å². The summed E-state index contributed by atoms with van der Waals surface area (Å²) in [5.41, 5.74) is 2.15. The summed E-state index contributed by atoms with van der Waals surface area (Å²) in [6.07, 6.45) is -1.89. The number of ether oxygens (including phenoxy) is 7. The van der Waals surface area contributed by atoms with Crippen LogP contribution in [0.25, 0.3) is 6.08 Å². The highest BCUT2D eigenvalue weighted by Gasteiger charge is 2.61. The molecule has 11 nitrogen and oxygen atoms in total. The fourth-order valence-corrected chi connectivity index (χ4v) is 4.82. The molecule has 0 aromatic heterocycles. The van der Waals surface area contributed by atoms with Gasteiger partial charge in [-0.3, -0.25) is 19.2 Å². The summed E-state index contributed by atoms with van der Waals surface area (Å²) >= 11 is 6.53. The van der Waals surface area contributed by atoms with Gasteiger partial charge in [-0.25, -0.2) is 0 Å². The number of carbonyl (C=O) groups is 4. The molecular weight excluding hydrogens is 536 g/mol. The van der Waals surface area contributed by atoms with Gasteiger partial charge in [-0.1, -0.05) is 29.3 Å². The first kappa shape index (κ1) is 30.6. The summed E-state index contributed by atoms with van der Waals surface area (Å²) in [6, 6.07) is 4.97. The first-order valence-electron chi connectivity index (χ1n) is 12.4. The number of methoxy groups -OCH3 is 1. The van der Waals surface area contributed by atoms with E-state index in [0.717, 1.165) is 32.3 Å². The summed E-state index contributed by atoms with van der Waals surface area (Å²) in [5, 5.41) is 0.453. The van der Waals surface area contributed by atoms with Crippen LogP contribution in [-0.4, -0.2) is 75.2 Å². The highest BCUT2D eigenvalue weighted by atomic mass is 35.5. The number of halogens is 1. The second kappa shape index (κ2) is 13.4. The van der Waals surface area contributed by atoms with Crippen LogP contribution in [0.4, 0.5) is 0 Å². The van der Waals surface area contributed by atoms with Gasteiger partial charge in [-0.15, -0.1) is 0 Å². The zero-order chi connectivity index (χ0) is 28.7. The molecule has 0 radical (unpaired) electrons. The standard InChI is InChI=1S/C27H33ClO11/c1-15(29)35-14-23-24(36-16(2)30)25(37-17(3)31)26(38-18(4)32)27(33-5,39-23)21-6-7-22(28)20(13-21)12-19-8-10-34-11-9-19/h6-7,12-13,23-26H,8-11,14H2,1-5H3/t23-,24-,25+,26-,27?/m1/s1. The Morgan fingerprint density at radius 3 is 2.13 bits per heavy atom. The van der Waals surface area contributed by atoms with Gasteiger partial charge >= 0.3 is 23.9 Å². The maximum atomic E-state index is 12.3. The lowest BCUT2D eigenvalue weighted by Crippen LogP contribution is -2.67. The molecule has 3 rings (SSSR count). The van der Waals surface area contributed by atoms with E-state index in [1.807, 2.05) is 6.08 Å². The average molecular weight is 569 g/mol. The molecule has 1 unspecified atom stereocenters. The summed E-state index contributed by atoms with van der Waals surface area (Å²) in [6.45, 7) is 5.49. The lowest BCUT2D eigenvalue weighted by Gasteiger charge is -2.50. The van der Waals surface area contributed by atoms with Crippen LogP contribution in [0.5, 0.6) is 0 Å². The van der Waals surface area contributed by atoms with E-state index in [1.165, 1.54) is 21.0 Å². The Balaban J connectivity index is 2.19. The van der Waals surface area contributed by atoms with Crippen LogP contribution < -0.4 is 0 Å². The largest absolute Gasteiger partial charge is 0.463 e.